The van der Waals surface area contributed by atoms with Crippen LogP contribution in [0.5, 0.6) is 5.75 Å². The first-order valence-electron chi connectivity index (χ1n) is 20.3. The number of hydrogen-bond acceptors (Lipinski definition) is 4. The lowest BCUT2D eigenvalue weighted by molar-refractivity contribution is -0.120. The van der Waals surface area contributed by atoms with Crippen LogP contribution in [0.1, 0.15) is 63.0 Å². The summed E-state index contributed by atoms with van der Waals surface area (Å²) in [4.78, 5) is 25.0. The average Bonchev–Trinajstić information content (AvgIpc) is 3.23. The van der Waals surface area contributed by atoms with E-state index in [-0.39, 0.29) is 29.8 Å². The maximum absolute atomic E-state index is 11.5. The van der Waals surface area contributed by atoms with Crippen molar-refractivity contribution in [2.75, 3.05) is 4.90 Å². The summed E-state index contributed by atoms with van der Waals surface area (Å²) in [6, 6.07) is 53.4. The number of nitrogens with zero attached hydrogens (tertiary/aromatic N) is 1. The van der Waals surface area contributed by atoms with Crippen LogP contribution in [0.4, 0.5) is 17.1 Å². The molecule has 0 saturated carbocycles. The number of ether oxygens (including phenoxy) is 1. The molecule has 2 aliphatic heterocycles. The number of carboxylic acid groups (broad SMARTS) is 1. The van der Waals surface area contributed by atoms with Crippen LogP contribution in [-0.2, 0) is 15.6 Å². The summed E-state index contributed by atoms with van der Waals surface area (Å²) in [5.74, 6) is -0.409. The van der Waals surface area contributed by atoms with Crippen LogP contribution in [0.15, 0.2) is 152 Å². The average molecular weight is 770 g/mol. The molecule has 0 amide bonds. The molecule has 0 atom stereocenters. The van der Waals surface area contributed by atoms with E-state index in [0.717, 1.165) is 22.3 Å². The van der Waals surface area contributed by atoms with E-state index in [2.05, 4.69) is 150 Å². The molecule has 0 unspecified atom stereocenters. The Bertz CT molecular complexity index is 2750. The predicted molar refractivity (Wildman–Crippen MR) is 245 cm³/mol. The van der Waals surface area contributed by atoms with Crippen molar-refractivity contribution >= 4 is 75.7 Å². The molecular weight excluding hydrogens is 724 g/mol. The molecule has 1 N–H and O–H groups in total. The van der Waals surface area contributed by atoms with Gasteiger partial charge in [0.05, 0.1) is 5.56 Å². The number of carboxylic acids is 1. The van der Waals surface area contributed by atoms with E-state index in [1.54, 1.807) is 12.1 Å². The van der Waals surface area contributed by atoms with E-state index in [4.69, 9.17) is 4.74 Å². The molecule has 2 aliphatic rings. The largest absolute Gasteiger partial charge is 0.478 e. The van der Waals surface area contributed by atoms with Gasteiger partial charge in [0.1, 0.15) is 5.75 Å². The highest BCUT2D eigenvalue weighted by molar-refractivity contribution is 7.02. The molecule has 5 nitrogen and oxygen atoms in total. The Labute approximate surface area is 347 Å². The molecule has 0 bridgehead atoms. The fraction of sp³-hybridized carbons (Fsp3) is 0.154. The number of para-hydroxylation sites is 1. The molecule has 0 saturated heterocycles. The molecule has 9 rings (SSSR count). The third kappa shape index (κ3) is 6.75. The zero-order valence-electron chi connectivity index (χ0n) is 34.3. The van der Waals surface area contributed by atoms with Gasteiger partial charge in [-0.2, -0.15) is 0 Å². The Kier molecular flexibility index (Phi) is 9.23. The van der Waals surface area contributed by atoms with Gasteiger partial charge < -0.3 is 14.7 Å². The molecule has 0 fully saturated rings. The van der Waals surface area contributed by atoms with Gasteiger partial charge in [-0.15, -0.1) is 0 Å². The van der Waals surface area contributed by atoms with Crippen LogP contribution < -0.4 is 42.4 Å². The van der Waals surface area contributed by atoms with E-state index in [9.17, 15) is 14.7 Å². The number of rotatable bonds is 7. The monoisotopic (exact) mass is 769 g/mol. The quantitative estimate of drug-likeness (QED) is 0.132. The Morgan fingerprint density at radius 1 is 0.542 bits per heavy atom. The van der Waals surface area contributed by atoms with E-state index in [0.29, 0.717) is 12.2 Å². The molecule has 7 aromatic rings. The molecule has 288 valence electrons. The van der Waals surface area contributed by atoms with Crippen molar-refractivity contribution in [2.24, 2.45) is 0 Å². The second kappa shape index (κ2) is 14.4. The van der Waals surface area contributed by atoms with Crippen molar-refractivity contribution in [1.29, 1.82) is 0 Å². The predicted octanol–water partition coefficient (Wildman–Crippen LogP) is 7.98. The number of anilines is 3. The summed E-state index contributed by atoms with van der Waals surface area (Å²) in [6.07, 6.45) is 0. The van der Waals surface area contributed by atoms with Crippen LogP contribution in [0, 0.1) is 0 Å². The number of benzene rings is 7. The third-order valence-electron chi connectivity index (χ3n) is 12.2. The van der Waals surface area contributed by atoms with Gasteiger partial charge >= 0.3 is 5.97 Å². The summed E-state index contributed by atoms with van der Waals surface area (Å²) in [5.41, 5.74) is 18.1. The first-order valence-corrected chi connectivity index (χ1v) is 20.3. The molecule has 59 heavy (non-hydrogen) atoms. The Morgan fingerprint density at radius 2 is 0.949 bits per heavy atom. The van der Waals surface area contributed by atoms with E-state index in [1.807, 2.05) is 36.4 Å². The lowest BCUT2D eigenvalue weighted by Crippen LogP contribution is -2.65. The van der Waals surface area contributed by atoms with Crippen molar-refractivity contribution in [3.8, 4) is 28.0 Å². The lowest BCUT2D eigenvalue weighted by Gasteiger charge is -2.44. The lowest BCUT2D eigenvalue weighted by atomic mass is 9.30. The molecule has 2 heterocycles. The van der Waals surface area contributed by atoms with Crippen molar-refractivity contribution in [2.45, 2.75) is 52.4 Å². The number of aromatic carboxylic acids is 1. The van der Waals surface area contributed by atoms with E-state index < -0.39 is 5.97 Å². The molecular formula is C52H45B2NO4. The SMILES string of the molecule is CC(C)(C)c1ccc2c(c1)N1c3cc(C(C)(C)C)ccc3B(c3ccc(-c4ccc(C(=O)O)cc4)cc3)c3cccc(c31)B2c1ccc(-c2ccc(OC=O)cc2)cc1. The van der Waals surface area contributed by atoms with Crippen LogP contribution in [0.2, 0.25) is 0 Å². The second-order valence-corrected chi connectivity index (χ2v) is 17.9. The van der Waals surface area contributed by atoms with Gasteiger partial charge in [-0.1, -0.05) is 168 Å². The smallest absolute Gasteiger partial charge is 0.335 e. The minimum Gasteiger partial charge on any atom is -0.478 e. The van der Waals surface area contributed by atoms with Crippen molar-refractivity contribution in [1.82, 2.24) is 0 Å². The van der Waals surface area contributed by atoms with Crippen LogP contribution in [0.3, 0.4) is 0 Å². The number of fused-ring (bicyclic) bond motifs is 4. The standard InChI is InChI=1S/C52H45B2NO4/c1-51(2,3)38-20-28-43-47(30-38)55-48-31-39(52(4,5)6)21-29-44(48)54(41-24-16-35(17-25-41)36-18-26-42(27-19-36)59-32-56)46-9-7-8-45(49(46)55)53(43)40-22-14-34(15-23-40)33-10-12-37(13-11-33)50(57)58/h7-32H,1-6H3,(H,57,58). The highest BCUT2D eigenvalue weighted by Gasteiger charge is 2.44. The molecule has 0 spiro atoms. The van der Waals surface area contributed by atoms with Crippen LogP contribution in [0.25, 0.3) is 22.3 Å². The summed E-state index contributed by atoms with van der Waals surface area (Å²) >= 11 is 0. The summed E-state index contributed by atoms with van der Waals surface area (Å²) in [6.45, 7) is 14.1. The molecule has 7 heteroatoms. The summed E-state index contributed by atoms with van der Waals surface area (Å²) < 4.78 is 5.04. The van der Waals surface area contributed by atoms with Gasteiger partial charge in [0, 0.05) is 17.1 Å². The second-order valence-electron chi connectivity index (χ2n) is 17.9. The van der Waals surface area contributed by atoms with Crippen LogP contribution >= 0.6 is 0 Å². The highest BCUT2D eigenvalue weighted by Crippen LogP contribution is 2.41. The maximum atomic E-state index is 11.5. The zero-order chi connectivity index (χ0) is 41.2. The Balaban J connectivity index is 1.23. The topological polar surface area (TPSA) is 66.8 Å². The fourth-order valence-corrected chi connectivity index (χ4v) is 8.95. The fourth-order valence-electron chi connectivity index (χ4n) is 8.95. The first-order chi connectivity index (χ1) is 28.3. The number of carbonyl (C=O) groups is 2. The van der Waals surface area contributed by atoms with Crippen molar-refractivity contribution in [3.05, 3.63) is 168 Å². The normalized spacial score (nSPS) is 13.0. The van der Waals surface area contributed by atoms with E-state index >= 15 is 0 Å². The number of hydrogen-bond donors (Lipinski definition) is 1. The van der Waals surface area contributed by atoms with Crippen LogP contribution in [-0.4, -0.2) is 31.0 Å². The maximum Gasteiger partial charge on any atom is 0.335 e. The Morgan fingerprint density at radius 3 is 1.34 bits per heavy atom. The van der Waals surface area contributed by atoms with E-state index in [1.165, 1.54) is 61.0 Å². The van der Waals surface area contributed by atoms with Crippen molar-refractivity contribution < 1.29 is 19.4 Å². The third-order valence-corrected chi connectivity index (χ3v) is 12.2. The molecule has 0 aliphatic carbocycles. The van der Waals surface area contributed by atoms with Gasteiger partial charge in [0.25, 0.3) is 6.47 Å². The minimum absolute atomic E-state index is 0.00761. The molecule has 0 radical (unpaired) electrons. The van der Waals surface area contributed by atoms with Gasteiger partial charge in [0.2, 0.25) is 13.4 Å². The molecule has 0 aromatic heterocycles. The number of carbonyl (C=O) groups excluding carboxylic acids is 1. The highest BCUT2D eigenvalue weighted by atomic mass is 16.5. The zero-order valence-corrected chi connectivity index (χ0v) is 34.3. The summed E-state index contributed by atoms with van der Waals surface area (Å²) in [5, 5.41) is 9.45. The van der Waals surface area contributed by atoms with Gasteiger partial charge in [-0.3, -0.25) is 4.79 Å². The van der Waals surface area contributed by atoms with Crippen molar-refractivity contribution in [3.63, 3.8) is 0 Å². The summed E-state index contributed by atoms with van der Waals surface area (Å²) in [7, 11) is 0. The molecule has 7 aromatic carbocycles. The van der Waals surface area contributed by atoms with Gasteiger partial charge in [-0.25, -0.2) is 4.79 Å². The van der Waals surface area contributed by atoms with Gasteiger partial charge in [-0.05, 0) is 102 Å². The van der Waals surface area contributed by atoms with Gasteiger partial charge in [0.15, 0.2) is 0 Å². The Hall–Kier alpha value is -6.59. The minimum atomic E-state index is -0.927. The first kappa shape index (κ1) is 38.0.